The van der Waals surface area contributed by atoms with Crippen molar-refractivity contribution >= 4 is 17.4 Å². The van der Waals surface area contributed by atoms with Gasteiger partial charge in [0.15, 0.2) is 0 Å². The lowest BCUT2D eigenvalue weighted by atomic mass is 10.0. The van der Waals surface area contributed by atoms with E-state index in [1.807, 2.05) is 25.1 Å². The predicted molar refractivity (Wildman–Crippen MR) is 88.8 cm³/mol. The molecular formula is C17H22ClN3. The maximum Gasteiger partial charge on any atom is 0.132 e. The second-order valence-corrected chi connectivity index (χ2v) is 7.38. The van der Waals surface area contributed by atoms with E-state index in [1.165, 1.54) is 12.8 Å². The fourth-order valence-corrected chi connectivity index (χ4v) is 3.09. The Kier molecular flexibility index (Phi) is 3.28. The topological polar surface area (TPSA) is 43.8 Å². The normalized spacial score (nSPS) is 15.5. The molecule has 1 saturated carbocycles. The van der Waals surface area contributed by atoms with Crippen molar-refractivity contribution in [1.29, 1.82) is 0 Å². The highest BCUT2D eigenvalue weighted by molar-refractivity contribution is 6.30. The third kappa shape index (κ3) is 2.55. The molecule has 1 aromatic heterocycles. The smallest absolute Gasteiger partial charge is 0.132 e. The average molecular weight is 304 g/mol. The van der Waals surface area contributed by atoms with Crippen LogP contribution in [-0.4, -0.2) is 9.55 Å². The van der Waals surface area contributed by atoms with Gasteiger partial charge in [-0.2, -0.15) is 0 Å². The zero-order valence-corrected chi connectivity index (χ0v) is 13.8. The molecule has 112 valence electrons. The van der Waals surface area contributed by atoms with Crippen LogP contribution in [0, 0.1) is 6.92 Å². The van der Waals surface area contributed by atoms with Gasteiger partial charge in [0.05, 0.1) is 0 Å². The molecule has 3 nitrogen and oxygen atoms in total. The maximum absolute atomic E-state index is 6.46. The molecular weight excluding hydrogens is 282 g/mol. The van der Waals surface area contributed by atoms with E-state index in [1.54, 1.807) is 0 Å². The number of benzene rings is 1. The number of rotatable bonds is 2. The molecule has 4 heteroatoms. The molecule has 1 fully saturated rings. The summed E-state index contributed by atoms with van der Waals surface area (Å²) in [4.78, 5) is 4.89. The highest BCUT2D eigenvalue weighted by atomic mass is 35.5. The molecule has 21 heavy (non-hydrogen) atoms. The lowest BCUT2D eigenvalue weighted by Crippen LogP contribution is -2.25. The molecule has 1 aliphatic rings. The van der Waals surface area contributed by atoms with E-state index < -0.39 is 0 Å². The fraction of sp³-hybridized carbons (Fsp3) is 0.471. The Morgan fingerprint density at radius 3 is 2.48 bits per heavy atom. The summed E-state index contributed by atoms with van der Waals surface area (Å²) in [6, 6.07) is 5.87. The van der Waals surface area contributed by atoms with Crippen LogP contribution in [0.3, 0.4) is 0 Å². The molecule has 1 heterocycles. The molecule has 0 saturated heterocycles. The van der Waals surface area contributed by atoms with Gasteiger partial charge in [-0.3, -0.25) is 0 Å². The van der Waals surface area contributed by atoms with Crippen LogP contribution < -0.4 is 5.73 Å². The highest BCUT2D eigenvalue weighted by Gasteiger charge is 2.34. The van der Waals surface area contributed by atoms with Crippen LogP contribution in [0.15, 0.2) is 18.2 Å². The molecule has 1 aromatic carbocycles. The Bertz CT molecular complexity index is 691. The number of anilines is 1. The lowest BCUT2D eigenvalue weighted by Gasteiger charge is -2.25. The van der Waals surface area contributed by atoms with Crippen molar-refractivity contribution in [3.63, 3.8) is 0 Å². The number of aromatic nitrogens is 2. The summed E-state index contributed by atoms with van der Waals surface area (Å²) in [7, 11) is 0. The first-order chi connectivity index (χ1) is 9.79. The molecule has 0 radical (unpaired) electrons. The van der Waals surface area contributed by atoms with Gasteiger partial charge in [0.1, 0.15) is 17.3 Å². The molecule has 2 aromatic rings. The summed E-state index contributed by atoms with van der Waals surface area (Å²) in [5.74, 6) is 2.45. The van der Waals surface area contributed by atoms with Crippen molar-refractivity contribution in [2.45, 2.75) is 52.0 Å². The Balaban J connectivity index is 2.20. The zero-order valence-electron chi connectivity index (χ0n) is 13.1. The third-order valence-electron chi connectivity index (χ3n) is 4.00. The molecule has 3 rings (SSSR count). The van der Waals surface area contributed by atoms with Gasteiger partial charge < -0.3 is 10.3 Å². The number of nitrogens with zero attached hydrogens (tertiary/aromatic N) is 2. The number of halogens is 1. The van der Waals surface area contributed by atoms with E-state index in [4.69, 9.17) is 22.3 Å². The van der Waals surface area contributed by atoms with Crippen LogP contribution in [0.1, 0.15) is 50.9 Å². The largest absolute Gasteiger partial charge is 0.383 e. The van der Waals surface area contributed by atoms with Gasteiger partial charge in [-0.05, 0) is 58.2 Å². The van der Waals surface area contributed by atoms with Gasteiger partial charge in [0.25, 0.3) is 0 Å². The Morgan fingerprint density at radius 1 is 1.29 bits per heavy atom. The minimum Gasteiger partial charge on any atom is -0.383 e. The molecule has 0 amide bonds. The van der Waals surface area contributed by atoms with Gasteiger partial charge in [-0.25, -0.2) is 4.98 Å². The molecule has 2 N–H and O–H groups in total. The summed E-state index contributed by atoms with van der Waals surface area (Å²) >= 11 is 6.06. The quantitative estimate of drug-likeness (QED) is 0.872. The van der Waals surface area contributed by atoms with Gasteiger partial charge in [-0.1, -0.05) is 17.7 Å². The van der Waals surface area contributed by atoms with Crippen LogP contribution in [0.4, 0.5) is 5.82 Å². The number of nitrogens with two attached hydrogens (primary N) is 1. The van der Waals surface area contributed by atoms with Crippen molar-refractivity contribution in [2.75, 3.05) is 5.73 Å². The van der Waals surface area contributed by atoms with Crippen LogP contribution >= 0.6 is 11.6 Å². The van der Waals surface area contributed by atoms with E-state index in [0.29, 0.717) is 5.92 Å². The summed E-state index contributed by atoms with van der Waals surface area (Å²) in [5.41, 5.74) is 9.47. The number of hydrogen-bond acceptors (Lipinski definition) is 2. The first-order valence-corrected chi connectivity index (χ1v) is 7.82. The van der Waals surface area contributed by atoms with E-state index in [0.717, 1.165) is 33.5 Å². The second-order valence-electron chi connectivity index (χ2n) is 6.94. The van der Waals surface area contributed by atoms with Gasteiger partial charge in [0.2, 0.25) is 0 Å². The summed E-state index contributed by atoms with van der Waals surface area (Å²) in [6.45, 7) is 8.58. The predicted octanol–water partition coefficient (Wildman–Crippen LogP) is 4.73. The molecule has 1 aliphatic carbocycles. The summed E-state index contributed by atoms with van der Waals surface area (Å²) < 4.78 is 2.20. The first-order valence-electron chi connectivity index (χ1n) is 7.44. The molecule has 0 bridgehead atoms. The number of aryl methyl sites for hydroxylation is 1. The zero-order chi connectivity index (χ0) is 15.4. The Labute approximate surface area is 131 Å². The average Bonchev–Trinajstić information content (AvgIpc) is 3.13. The monoisotopic (exact) mass is 303 g/mol. The Hall–Kier alpha value is -1.48. The van der Waals surface area contributed by atoms with Gasteiger partial charge >= 0.3 is 0 Å². The van der Waals surface area contributed by atoms with E-state index in [2.05, 4.69) is 25.3 Å². The first kappa shape index (κ1) is 14.5. The van der Waals surface area contributed by atoms with Crippen LogP contribution in [0.2, 0.25) is 5.02 Å². The minimum absolute atomic E-state index is 0.0619. The third-order valence-corrected chi connectivity index (χ3v) is 4.23. The van der Waals surface area contributed by atoms with E-state index >= 15 is 0 Å². The lowest BCUT2D eigenvalue weighted by molar-refractivity contribution is 0.388. The van der Waals surface area contributed by atoms with Crippen molar-refractivity contribution in [2.24, 2.45) is 0 Å². The SMILES string of the molecule is Cc1cc(Cl)ccc1-c1nc(C2CC2)n(C(C)(C)C)c1N. The van der Waals surface area contributed by atoms with Gasteiger partial charge in [0, 0.05) is 22.0 Å². The summed E-state index contributed by atoms with van der Waals surface area (Å²) in [6.07, 6.45) is 2.43. The van der Waals surface area contributed by atoms with Crippen molar-refractivity contribution in [3.05, 3.63) is 34.6 Å². The molecule has 0 unspecified atom stereocenters. The summed E-state index contributed by atoms with van der Waals surface area (Å²) in [5, 5.41) is 0.743. The van der Waals surface area contributed by atoms with Gasteiger partial charge in [-0.15, -0.1) is 0 Å². The number of hydrogen-bond donors (Lipinski definition) is 1. The van der Waals surface area contributed by atoms with Crippen LogP contribution in [0.25, 0.3) is 11.3 Å². The van der Waals surface area contributed by atoms with Crippen molar-refractivity contribution < 1.29 is 0 Å². The van der Waals surface area contributed by atoms with Crippen molar-refractivity contribution in [3.8, 4) is 11.3 Å². The number of nitrogen functional groups attached to an aromatic ring is 1. The minimum atomic E-state index is -0.0619. The van der Waals surface area contributed by atoms with Crippen LogP contribution in [-0.2, 0) is 5.54 Å². The van der Waals surface area contributed by atoms with E-state index in [9.17, 15) is 0 Å². The highest BCUT2D eigenvalue weighted by Crippen LogP contribution is 2.44. The second kappa shape index (κ2) is 4.77. The van der Waals surface area contributed by atoms with Crippen molar-refractivity contribution in [1.82, 2.24) is 9.55 Å². The van der Waals surface area contributed by atoms with E-state index in [-0.39, 0.29) is 5.54 Å². The number of imidazole rings is 1. The molecule has 0 aliphatic heterocycles. The standard InChI is InChI=1S/C17H22ClN3/c1-10-9-12(18)7-8-13(10)14-15(19)21(17(2,3)4)16(20-14)11-5-6-11/h7-9,11H,5-6,19H2,1-4H3. The fourth-order valence-electron chi connectivity index (χ4n) is 2.86. The maximum atomic E-state index is 6.46. The molecule has 0 spiro atoms. The Morgan fingerprint density at radius 2 is 1.95 bits per heavy atom. The molecule has 0 atom stereocenters. The van der Waals surface area contributed by atoms with Crippen LogP contribution in [0.5, 0.6) is 0 Å².